The summed E-state index contributed by atoms with van der Waals surface area (Å²) < 4.78 is 3.19. The molecule has 0 amide bonds. The molecule has 0 radical (unpaired) electrons. The standard InChI is InChI=1S/C15H20BrN3/c1-12-4-2-3-8-18(12)9-7-14-11-19-10-13(16)5-6-15(19)17-14/h5-6,10-12H,2-4,7-9H2,1H3. The van der Waals surface area contributed by atoms with Crippen LogP contribution < -0.4 is 0 Å². The van der Waals surface area contributed by atoms with E-state index in [2.05, 4.69) is 55.6 Å². The number of fused-ring (bicyclic) bond motifs is 1. The molecule has 0 N–H and O–H groups in total. The molecule has 1 saturated heterocycles. The van der Waals surface area contributed by atoms with Crippen LogP contribution in [0.3, 0.4) is 0 Å². The Morgan fingerprint density at radius 2 is 2.21 bits per heavy atom. The van der Waals surface area contributed by atoms with Gasteiger partial charge in [-0.3, -0.25) is 0 Å². The van der Waals surface area contributed by atoms with Crippen molar-refractivity contribution >= 4 is 21.6 Å². The Hall–Kier alpha value is -0.870. The number of hydrogen-bond donors (Lipinski definition) is 0. The summed E-state index contributed by atoms with van der Waals surface area (Å²) in [5, 5.41) is 0. The molecule has 3 heterocycles. The van der Waals surface area contributed by atoms with Gasteiger partial charge < -0.3 is 9.30 Å². The van der Waals surface area contributed by atoms with Gasteiger partial charge in [0.25, 0.3) is 0 Å². The Morgan fingerprint density at radius 1 is 1.32 bits per heavy atom. The first-order valence-corrected chi connectivity index (χ1v) is 7.89. The van der Waals surface area contributed by atoms with Gasteiger partial charge in [0.1, 0.15) is 5.65 Å². The number of aromatic nitrogens is 2. The summed E-state index contributed by atoms with van der Waals surface area (Å²) in [7, 11) is 0. The number of pyridine rings is 1. The predicted octanol–water partition coefficient (Wildman–Crippen LogP) is 3.51. The van der Waals surface area contributed by atoms with Crippen molar-refractivity contribution in [3.8, 4) is 0 Å². The molecule has 3 rings (SSSR count). The average molecular weight is 322 g/mol. The molecule has 1 aliphatic heterocycles. The Balaban J connectivity index is 1.68. The van der Waals surface area contributed by atoms with E-state index in [-0.39, 0.29) is 0 Å². The molecule has 1 atom stereocenters. The van der Waals surface area contributed by atoms with Crippen LogP contribution in [0, 0.1) is 0 Å². The van der Waals surface area contributed by atoms with Gasteiger partial charge in [-0.15, -0.1) is 0 Å². The smallest absolute Gasteiger partial charge is 0.137 e. The molecule has 102 valence electrons. The third-order valence-electron chi connectivity index (χ3n) is 4.06. The van der Waals surface area contributed by atoms with Crippen molar-refractivity contribution in [1.29, 1.82) is 0 Å². The van der Waals surface area contributed by atoms with Gasteiger partial charge in [-0.2, -0.15) is 0 Å². The van der Waals surface area contributed by atoms with Crippen LogP contribution in [0.15, 0.2) is 29.0 Å². The van der Waals surface area contributed by atoms with Crippen molar-refractivity contribution < 1.29 is 0 Å². The largest absolute Gasteiger partial charge is 0.306 e. The third kappa shape index (κ3) is 3.00. The van der Waals surface area contributed by atoms with E-state index in [0.717, 1.165) is 29.1 Å². The van der Waals surface area contributed by atoms with Crippen molar-refractivity contribution in [3.63, 3.8) is 0 Å². The third-order valence-corrected chi connectivity index (χ3v) is 4.53. The molecule has 1 aliphatic rings. The Labute approximate surface area is 122 Å². The van der Waals surface area contributed by atoms with Crippen LogP contribution in [0.5, 0.6) is 0 Å². The van der Waals surface area contributed by atoms with Crippen LogP contribution in [0.1, 0.15) is 31.9 Å². The summed E-state index contributed by atoms with van der Waals surface area (Å²) in [5.41, 5.74) is 2.22. The van der Waals surface area contributed by atoms with E-state index < -0.39 is 0 Å². The van der Waals surface area contributed by atoms with Gasteiger partial charge >= 0.3 is 0 Å². The first-order chi connectivity index (χ1) is 9.22. The van der Waals surface area contributed by atoms with Crippen LogP contribution in [-0.2, 0) is 6.42 Å². The SMILES string of the molecule is CC1CCCCN1CCc1cn2cc(Br)ccc2n1. The molecule has 2 aromatic rings. The summed E-state index contributed by atoms with van der Waals surface area (Å²) in [6.45, 7) is 4.73. The van der Waals surface area contributed by atoms with Crippen LogP contribution in [0.2, 0.25) is 0 Å². The van der Waals surface area contributed by atoms with Gasteiger partial charge in [0.15, 0.2) is 0 Å². The zero-order valence-corrected chi connectivity index (χ0v) is 12.9. The normalized spacial score (nSPS) is 21.1. The zero-order chi connectivity index (χ0) is 13.2. The molecule has 0 aliphatic carbocycles. The number of halogens is 1. The second-order valence-corrected chi connectivity index (χ2v) is 6.39. The number of hydrogen-bond acceptors (Lipinski definition) is 2. The number of piperidine rings is 1. The highest BCUT2D eigenvalue weighted by atomic mass is 79.9. The molecule has 0 spiro atoms. The highest BCUT2D eigenvalue weighted by Gasteiger charge is 2.17. The van der Waals surface area contributed by atoms with E-state index >= 15 is 0 Å². The number of imidazole rings is 1. The molecule has 0 saturated carbocycles. The summed E-state index contributed by atoms with van der Waals surface area (Å²) in [5.74, 6) is 0. The molecule has 3 nitrogen and oxygen atoms in total. The van der Waals surface area contributed by atoms with Crippen molar-refractivity contribution in [2.75, 3.05) is 13.1 Å². The fourth-order valence-electron chi connectivity index (χ4n) is 2.89. The molecule has 19 heavy (non-hydrogen) atoms. The minimum Gasteiger partial charge on any atom is -0.306 e. The average Bonchev–Trinajstić information content (AvgIpc) is 2.79. The summed E-state index contributed by atoms with van der Waals surface area (Å²) >= 11 is 3.49. The second kappa shape index (κ2) is 5.63. The minimum absolute atomic E-state index is 0.736. The molecule has 1 fully saturated rings. The summed E-state index contributed by atoms with van der Waals surface area (Å²) in [6, 6.07) is 4.83. The maximum atomic E-state index is 4.68. The second-order valence-electron chi connectivity index (χ2n) is 5.48. The number of nitrogens with zero attached hydrogens (tertiary/aromatic N) is 3. The molecule has 0 bridgehead atoms. The Bertz CT molecular complexity index is 564. The molecular formula is C15H20BrN3. The molecule has 2 aromatic heterocycles. The first-order valence-electron chi connectivity index (χ1n) is 7.09. The lowest BCUT2D eigenvalue weighted by Crippen LogP contribution is -2.38. The predicted molar refractivity (Wildman–Crippen MR) is 81.5 cm³/mol. The topological polar surface area (TPSA) is 20.5 Å². The molecular weight excluding hydrogens is 302 g/mol. The number of likely N-dealkylation sites (tertiary alicyclic amines) is 1. The summed E-state index contributed by atoms with van der Waals surface area (Å²) in [6.07, 6.45) is 9.34. The van der Waals surface area contributed by atoms with Gasteiger partial charge in [0.05, 0.1) is 5.69 Å². The van der Waals surface area contributed by atoms with Crippen molar-refractivity contribution in [1.82, 2.24) is 14.3 Å². The van der Waals surface area contributed by atoms with Crippen LogP contribution in [0.25, 0.3) is 5.65 Å². The fourth-order valence-corrected chi connectivity index (χ4v) is 3.24. The van der Waals surface area contributed by atoms with Crippen LogP contribution >= 0.6 is 15.9 Å². The van der Waals surface area contributed by atoms with Crippen LogP contribution in [0.4, 0.5) is 0 Å². The highest BCUT2D eigenvalue weighted by molar-refractivity contribution is 9.10. The van der Waals surface area contributed by atoms with Gasteiger partial charge in [0.2, 0.25) is 0 Å². The van der Waals surface area contributed by atoms with Crippen molar-refractivity contribution in [2.45, 2.75) is 38.6 Å². The Kier molecular flexibility index (Phi) is 3.89. The van der Waals surface area contributed by atoms with Crippen molar-refractivity contribution in [3.05, 3.63) is 34.7 Å². The number of rotatable bonds is 3. The first kappa shape index (κ1) is 13.1. The monoisotopic (exact) mass is 321 g/mol. The molecule has 4 heteroatoms. The maximum absolute atomic E-state index is 4.68. The Morgan fingerprint density at radius 3 is 3.05 bits per heavy atom. The van der Waals surface area contributed by atoms with E-state index in [1.54, 1.807) is 0 Å². The van der Waals surface area contributed by atoms with E-state index in [1.165, 1.54) is 31.5 Å². The van der Waals surface area contributed by atoms with E-state index in [0.29, 0.717) is 0 Å². The quantitative estimate of drug-likeness (QED) is 0.862. The van der Waals surface area contributed by atoms with Gasteiger partial charge in [-0.05, 0) is 54.4 Å². The lowest BCUT2D eigenvalue weighted by Gasteiger charge is -2.33. The minimum atomic E-state index is 0.736. The summed E-state index contributed by atoms with van der Waals surface area (Å²) in [4.78, 5) is 7.28. The van der Waals surface area contributed by atoms with Gasteiger partial charge in [-0.25, -0.2) is 4.98 Å². The lowest BCUT2D eigenvalue weighted by molar-refractivity contribution is 0.162. The highest BCUT2D eigenvalue weighted by Crippen LogP contribution is 2.17. The van der Waals surface area contributed by atoms with Crippen molar-refractivity contribution in [2.24, 2.45) is 0 Å². The fraction of sp³-hybridized carbons (Fsp3) is 0.533. The molecule has 1 unspecified atom stereocenters. The lowest BCUT2D eigenvalue weighted by atomic mass is 10.0. The molecule has 0 aromatic carbocycles. The van der Waals surface area contributed by atoms with Gasteiger partial charge in [-0.1, -0.05) is 6.42 Å². The van der Waals surface area contributed by atoms with E-state index in [9.17, 15) is 0 Å². The van der Waals surface area contributed by atoms with Gasteiger partial charge in [0, 0.05) is 35.9 Å². The van der Waals surface area contributed by atoms with E-state index in [1.807, 2.05) is 6.07 Å². The van der Waals surface area contributed by atoms with Crippen LogP contribution in [-0.4, -0.2) is 33.4 Å². The van der Waals surface area contributed by atoms with E-state index in [4.69, 9.17) is 0 Å². The maximum Gasteiger partial charge on any atom is 0.137 e. The zero-order valence-electron chi connectivity index (χ0n) is 11.3.